The Balaban J connectivity index is 2.64. The lowest BCUT2D eigenvalue weighted by atomic mass is 9.85. The average molecular weight is 1010 g/mol. The van der Waals surface area contributed by atoms with Crippen LogP contribution in [0.2, 0.25) is 0 Å². The zero-order chi connectivity index (χ0) is 50.5. The van der Waals surface area contributed by atoms with Crippen molar-refractivity contribution in [3.63, 3.8) is 0 Å². The van der Waals surface area contributed by atoms with Crippen molar-refractivity contribution < 1.29 is 81.7 Å². The van der Waals surface area contributed by atoms with Gasteiger partial charge >= 0.3 is 27.6 Å². The van der Waals surface area contributed by atoms with E-state index in [4.69, 9.17) is 18.5 Å². The minimum atomic E-state index is -5.38. The van der Waals surface area contributed by atoms with E-state index in [1.54, 1.807) is 12.2 Å². The third-order valence-corrected chi connectivity index (χ3v) is 12.2. The molecule has 1 rings (SSSR count). The summed E-state index contributed by atoms with van der Waals surface area (Å²) in [6, 6.07) is 0. The second-order valence-electron chi connectivity index (χ2n) is 16.9. The SMILES string of the molecule is CCCCC/C=C\C/C=C\CCCCCCCCCC(=O)O[C@H](COC(=O)CCC/C=C\C/C=C\C/C=C\C=C\C(=O)CCCCC)COP(=O)(O)O[C@H]1C(O)C(O)C(O)[C@@H](OP(=O)(O)O)C1O. The molecule has 1 aliphatic carbocycles. The lowest BCUT2D eigenvalue weighted by Gasteiger charge is -2.43. The molecule has 1 fully saturated rings. The van der Waals surface area contributed by atoms with Crippen molar-refractivity contribution in [2.45, 2.75) is 204 Å². The molecule has 0 aromatic carbocycles. The molecule has 0 aliphatic heterocycles. The summed E-state index contributed by atoms with van der Waals surface area (Å²) in [7, 11) is -10.7. The van der Waals surface area contributed by atoms with Gasteiger partial charge in [-0.1, -0.05) is 138 Å². The van der Waals surface area contributed by atoms with Crippen LogP contribution in [-0.2, 0) is 46.6 Å². The summed E-state index contributed by atoms with van der Waals surface area (Å²) < 4.78 is 49.3. The molecule has 7 N–H and O–H groups in total. The van der Waals surface area contributed by atoms with Crippen molar-refractivity contribution in [3.8, 4) is 0 Å². The molecule has 1 saturated carbocycles. The number of carbonyl (C=O) groups is 3. The predicted octanol–water partition coefficient (Wildman–Crippen LogP) is 8.80. The molecule has 1 aliphatic rings. The third-order valence-electron chi connectivity index (χ3n) is 10.7. The third kappa shape index (κ3) is 32.8. The molecule has 19 heteroatoms. The predicted molar refractivity (Wildman–Crippen MR) is 260 cm³/mol. The first-order chi connectivity index (χ1) is 32.5. The Bertz CT molecular complexity index is 1650. The van der Waals surface area contributed by atoms with Crippen LogP contribution in [0.4, 0.5) is 0 Å². The Morgan fingerprint density at radius 3 is 1.60 bits per heavy atom. The monoisotopic (exact) mass is 1000 g/mol. The number of aliphatic hydroxyl groups excluding tert-OH is 4. The minimum absolute atomic E-state index is 0.00813. The van der Waals surface area contributed by atoms with Gasteiger partial charge in [0.05, 0.1) is 6.61 Å². The van der Waals surface area contributed by atoms with Crippen molar-refractivity contribution in [1.29, 1.82) is 0 Å². The van der Waals surface area contributed by atoms with Crippen LogP contribution in [0.5, 0.6) is 0 Å². The Labute approximate surface area is 404 Å². The van der Waals surface area contributed by atoms with Crippen LogP contribution in [0.3, 0.4) is 0 Å². The second-order valence-corrected chi connectivity index (χ2v) is 19.5. The molecule has 0 aromatic rings. The standard InChI is InChI=1S/C49H82O17P2/c1-3-5-7-8-9-10-11-12-13-14-15-16-19-23-26-29-33-37-43(52)64-41(39-63-68(60,61)66-49-46(55)44(53)45(54)48(47(49)56)65-67(57,58)59)38-62-42(51)36-32-28-25-22-20-17-18-21-24-27-31-35-40(50)34-30-6-4-2/h9-10,12-13,17-18,22,24-25,27,31,35,41,44-49,53-56H,3-8,11,14-16,19-21,23,26,28-30,32-34,36-39H2,1-2H3,(H,60,61)(H2,57,58,59)/b10-9-,13-12-,18-17-,25-22-,27-24-,35-31+/t41-,44?,45?,46?,47?,48-,49+/m1/s1. The summed E-state index contributed by atoms with van der Waals surface area (Å²) in [5.41, 5.74) is 0. The van der Waals surface area contributed by atoms with Gasteiger partial charge in [-0.3, -0.25) is 28.0 Å². The van der Waals surface area contributed by atoms with Crippen molar-refractivity contribution >= 4 is 33.4 Å². The molecular weight excluding hydrogens is 922 g/mol. The van der Waals surface area contributed by atoms with Gasteiger partial charge < -0.3 is 44.6 Å². The molecular formula is C49H82O17P2. The topological polar surface area (TPSA) is 273 Å². The first-order valence-electron chi connectivity index (χ1n) is 24.4. The van der Waals surface area contributed by atoms with Gasteiger partial charge in [0, 0.05) is 19.3 Å². The number of hydrogen-bond acceptors (Lipinski definition) is 14. The van der Waals surface area contributed by atoms with Gasteiger partial charge in [-0.2, -0.15) is 0 Å². The van der Waals surface area contributed by atoms with Crippen LogP contribution in [-0.4, -0.2) is 109 Å². The number of unbranched alkanes of at least 4 members (excludes halogenated alkanes) is 13. The van der Waals surface area contributed by atoms with E-state index >= 15 is 0 Å². The maximum absolute atomic E-state index is 13.0. The van der Waals surface area contributed by atoms with Crippen LogP contribution < -0.4 is 0 Å². The van der Waals surface area contributed by atoms with Crippen LogP contribution in [0.15, 0.2) is 72.9 Å². The fraction of sp³-hybridized carbons (Fsp3) is 0.694. The Hall–Kier alpha value is -2.89. The Kier molecular flexibility index (Phi) is 36.0. The van der Waals surface area contributed by atoms with E-state index in [0.29, 0.717) is 38.5 Å². The average Bonchev–Trinajstić information content (AvgIpc) is 3.29. The zero-order valence-corrected chi connectivity index (χ0v) is 42.0. The summed E-state index contributed by atoms with van der Waals surface area (Å²) in [6.07, 6.45) is 28.4. The van der Waals surface area contributed by atoms with E-state index in [1.807, 2.05) is 36.5 Å². The molecule has 8 atom stereocenters. The lowest BCUT2D eigenvalue weighted by Crippen LogP contribution is -2.64. The Morgan fingerprint density at radius 1 is 0.515 bits per heavy atom. The number of allylic oxidation sites excluding steroid dienone is 12. The number of aliphatic hydroxyl groups is 4. The van der Waals surface area contributed by atoms with E-state index in [1.165, 1.54) is 19.3 Å². The van der Waals surface area contributed by atoms with Crippen molar-refractivity contribution in [2.75, 3.05) is 13.2 Å². The van der Waals surface area contributed by atoms with Crippen LogP contribution in [0, 0.1) is 0 Å². The summed E-state index contributed by atoms with van der Waals surface area (Å²) >= 11 is 0. The summed E-state index contributed by atoms with van der Waals surface area (Å²) in [6.45, 7) is 2.87. The number of hydrogen-bond donors (Lipinski definition) is 7. The number of carbonyl (C=O) groups excluding carboxylic acids is 3. The summed E-state index contributed by atoms with van der Waals surface area (Å²) in [5, 5.41) is 41.3. The normalized spacial score (nSPS) is 21.8. The molecule has 68 heavy (non-hydrogen) atoms. The zero-order valence-electron chi connectivity index (χ0n) is 40.3. The highest BCUT2D eigenvalue weighted by atomic mass is 31.2. The van der Waals surface area contributed by atoms with E-state index in [9.17, 15) is 58.6 Å². The number of phosphoric acid groups is 2. The highest BCUT2D eigenvalue weighted by molar-refractivity contribution is 7.47. The summed E-state index contributed by atoms with van der Waals surface area (Å²) in [5.74, 6) is -1.19. The van der Waals surface area contributed by atoms with E-state index in [0.717, 1.165) is 77.0 Å². The number of esters is 2. The van der Waals surface area contributed by atoms with Gasteiger partial charge in [0.1, 0.15) is 43.2 Å². The number of ether oxygens (including phenoxy) is 2. The molecule has 5 unspecified atom stereocenters. The van der Waals surface area contributed by atoms with E-state index < -0.39 is 83.5 Å². The highest BCUT2D eigenvalue weighted by Crippen LogP contribution is 2.49. The molecule has 0 aromatic heterocycles. The van der Waals surface area contributed by atoms with Crippen molar-refractivity contribution in [2.24, 2.45) is 0 Å². The number of phosphoric ester groups is 2. The quantitative estimate of drug-likeness (QED) is 0.00754. The van der Waals surface area contributed by atoms with Crippen molar-refractivity contribution in [3.05, 3.63) is 72.9 Å². The smallest absolute Gasteiger partial charge is 0.462 e. The van der Waals surface area contributed by atoms with Gasteiger partial charge in [0.25, 0.3) is 0 Å². The van der Waals surface area contributed by atoms with Crippen molar-refractivity contribution in [1.82, 2.24) is 0 Å². The molecule has 0 bridgehead atoms. The highest BCUT2D eigenvalue weighted by Gasteiger charge is 2.54. The maximum Gasteiger partial charge on any atom is 0.472 e. The van der Waals surface area contributed by atoms with Crippen LogP contribution >= 0.6 is 15.6 Å². The summed E-state index contributed by atoms with van der Waals surface area (Å²) in [4.78, 5) is 66.1. The fourth-order valence-corrected chi connectivity index (χ4v) is 8.42. The van der Waals surface area contributed by atoms with E-state index in [2.05, 4.69) is 42.7 Å². The van der Waals surface area contributed by atoms with Gasteiger partial charge in [-0.25, -0.2) is 9.13 Å². The van der Waals surface area contributed by atoms with Gasteiger partial charge in [-0.05, 0) is 76.7 Å². The molecule has 390 valence electrons. The van der Waals surface area contributed by atoms with Crippen LogP contribution in [0.25, 0.3) is 0 Å². The van der Waals surface area contributed by atoms with Gasteiger partial charge in [0.15, 0.2) is 11.9 Å². The number of rotatable bonds is 40. The lowest BCUT2D eigenvalue weighted by molar-refractivity contribution is -0.216. The largest absolute Gasteiger partial charge is 0.472 e. The maximum atomic E-state index is 13.0. The first kappa shape index (κ1) is 63.1. The minimum Gasteiger partial charge on any atom is -0.462 e. The molecule has 0 amide bonds. The molecule has 0 spiro atoms. The molecule has 0 heterocycles. The number of ketones is 1. The Morgan fingerprint density at radius 2 is 1.00 bits per heavy atom. The molecule has 17 nitrogen and oxygen atoms in total. The first-order valence-corrected chi connectivity index (χ1v) is 27.5. The fourth-order valence-electron chi connectivity index (χ4n) is 6.89. The van der Waals surface area contributed by atoms with E-state index in [-0.39, 0.29) is 18.6 Å². The molecule has 0 radical (unpaired) electrons. The van der Waals surface area contributed by atoms with Crippen LogP contribution in [0.1, 0.15) is 162 Å². The second kappa shape index (κ2) is 38.8. The molecule has 0 saturated heterocycles. The van der Waals surface area contributed by atoms with Gasteiger partial charge in [0.2, 0.25) is 0 Å². The van der Waals surface area contributed by atoms with Gasteiger partial charge in [-0.15, -0.1) is 0 Å².